The van der Waals surface area contributed by atoms with Crippen LogP contribution in [0.3, 0.4) is 0 Å². The van der Waals surface area contributed by atoms with Crippen LogP contribution in [0.5, 0.6) is 0 Å². The van der Waals surface area contributed by atoms with E-state index in [-0.39, 0.29) is 23.9 Å². The minimum atomic E-state index is -3.83. The quantitative estimate of drug-likeness (QED) is 0.753. The first kappa shape index (κ1) is 19.0. The number of sulfonamides is 1. The van der Waals surface area contributed by atoms with Crippen molar-refractivity contribution in [3.05, 3.63) is 53.9 Å². The lowest BCUT2D eigenvalue weighted by molar-refractivity contribution is -0.120. The second kappa shape index (κ2) is 7.85. The van der Waals surface area contributed by atoms with Gasteiger partial charge in [0.1, 0.15) is 0 Å². The van der Waals surface area contributed by atoms with Crippen LogP contribution in [-0.4, -0.2) is 38.3 Å². The highest BCUT2D eigenvalue weighted by molar-refractivity contribution is 7.89. The molecular weight excluding hydrogens is 368 g/mol. The summed E-state index contributed by atoms with van der Waals surface area (Å²) in [7, 11) is -3.83. The SMILES string of the molecule is CC(=O)N1CCc2cc(S(=O)(=O)NCC(=O)NCc3ccccn3)ccc21. The Kier molecular flexibility index (Phi) is 5.52. The number of carbonyl (C=O) groups is 2. The molecule has 0 spiro atoms. The number of pyridine rings is 1. The molecule has 0 bridgehead atoms. The number of aromatic nitrogens is 1. The van der Waals surface area contributed by atoms with Crippen LogP contribution in [0, 0.1) is 0 Å². The van der Waals surface area contributed by atoms with Gasteiger partial charge in [-0.3, -0.25) is 14.6 Å². The fourth-order valence-electron chi connectivity index (χ4n) is 2.87. The number of hydrogen-bond donors (Lipinski definition) is 2. The molecule has 9 heteroatoms. The van der Waals surface area contributed by atoms with Crippen molar-refractivity contribution in [1.82, 2.24) is 15.0 Å². The van der Waals surface area contributed by atoms with Crippen LogP contribution < -0.4 is 14.9 Å². The molecule has 2 amide bonds. The molecule has 1 aliphatic heterocycles. The Balaban J connectivity index is 1.60. The number of fused-ring (bicyclic) bond motifs is 1. The first-order valence-electron chi connectivity index (χ1n) is 8.44. The summed E-state index contributed by atoms with van der Waals surface area (Å²) in [6.45, 7) is 1.87. The molecule has 3 rings (SSSR count). The fourth-order valence-corrected chi connectivity index (χ4v) is 3.90. The highest BCUT2D eigenvalue weighted by atomic mass is 32.2. The zero-order chi connectivity index (χ0) is 19.4. The van der Waals surface area contributed by atoms with Crippen LogP contribution in [0.15, 0.2) is 47.5 Å². The van der Waals surface area contributed by atoms with E-state index in [1.54, 1.807) is 41.4 Å². The lowest BCUT2D eigenvalue weighted by Crippen LogP contribution is -2.36. The lowest BCUT2D eigenvalue weighted by Gasteiger charge is -2.15. The fraction of sp³-hybridized carbons (Fsp3) is 0.278. The Hall–Kier alpha value is -2.78. The normalized spacial score (nSPS) is 13.3. The van der Waals surface area contributed by atoms with Crippen molar-refractivity contribution in [2.45, 2.75) is 24.8 Å². The van der Waals surface area contributed by atoms with Gasteiger partial charge in [-0.2, -0.15) is 0 Å². The molecule has 0 saturated heterocycles. The summed E-state index contributed by atoms with van der Waals surface area (Å²) in [5.41, 5.74) is 2.21. The Morgan fingerprint density at radius 2 is 2.04 bits per heavy atom. The lowest BCUT2D eigenvalue weighted by atomic mass is 10.2. The minimum absolute atomic E-state index is 0.0733. The van der Waals surface area contributed by atoms with Gasteiger partial charge in [0, 0.05) is 25.4 Å². The van der Waals surface area contributed by atoms with Gasteiger partial charge in [0.2, 0.25) is 21.8 Å². The summed E-state index contributed by atoms with van der Waals surface area (Å²) in [5.74, 6) is -0.528. The van der Waals surface area contributed by atoms with Crippen LogP contribution in [0.25, 0.3) is 0 Å². The van der Waals surface area contributed by atoms with Crippen molar-refractivity contribution in [2.24, 2.45) is 0 Å². The van der Waals surface area contributed by atoms with Crippen molar-refractivity contribution < 1.29 is 18.0 Å². The number of hydrogen-bond acceptors (Lipinski definition) is 5. The molecule has 2 aromatic rings. The Morgan fingerprint density at radius 1 is 1.22 bits per heavy atom. The Bertz CT molecular complexity index is 961. The third-order valence-electron chi connectivity index (χ3n) is 4.25. The van der Waals surface area contributed by atoms with Crippen molar-refractivity contribution >= 4 is 27.5 Å². The molecule has 27 heavy (non-hydrogen) atoms. The van der Waals surface area contributed by atoms with Gasteiger partial charge in [-0.25, -0.2) is 13.1 Å². The largest absolute Gasteiger partial charge is 0.349 e. The number of amides is 2. The zero-order valence-electron chi connectivity index (χ0n) is 14.8. The average molecular weight is 388 g/mol. The molecule has 2 heterocycles. The van der Waals surface area contributed by atoms with E-state index < -0.39 is 15.9 Å². The van der Waals surface area contributed by atoms with E-state index in [2.05, 4.69) is 15.0 Å². The van der Waals surface area contributed by atoms with Gasteiger partial charge in [-0.15, -0.1) is 0 Å². The highest BCUT2D eigenvalue weighted by Gasteiger charge is 2.25. The van der Waals surface area contributed by atoms with Crippen LogP contribution >= 0.6 is 0 Å². The summed E-state index contributed by atoms with van der Waals surface area (Å²) in [6, 6.07) is 9.95. The molecule has 142 valence electrons. The summed E-state index contributed by atoms with van der Waals surface area (Å²) in [4.78, 5) is 29.2. The van der Waals surface area contributed by atoms with E-state index in [0.29, 0.717) is 18.7 Å². The van der Waals surface area contributed by atoms with Gasteiger partial charge < -0.3 is 10.2 Å². The van der Waals surface area contributed by atoms with Crippen LogP contribution in [0.1, 0.15) is 18.2 Å². The van der Waals surface area contributed by atoms with Gasteiger partial charge in [-0.1, -0.05) is 6.07 Å². The van der Waals surface area contributed by atoms with E-state index in [1.807, 2.05) is 0 Å². The molecule has 1 aromatic heterocycles. The van der Waals surface area contributed by atoms with Crippen molar-refractivity contribution in [2.75, 3.05) is 18.0 Å². The van der Waals surface area contributed by atoms with Crippen LogP contribution in [0.4, 0.5) is 5.69 Å². The standard InChI is InChI=1S/C18H20N4O4S/c1-13(23)22-9-7-14-10-16(5-6-17(14)22)27(25,26)21-12-18(24)20-11-15-4-2-3-8-19-15/h2-6,8,10,21H,7,9,11-12H2,1H3,(H,20,24). The molecule has 8 nitrogen and oxygen atoms in total. The van der Waals surface area contributed by atoms with E-state index in [0.717, 1.165) is 11.3 Å². The monoisotopic (exact) mass is 388 g/mol. The van der Waals surface area contributed by atoms with Crippen LogP contribution in [0.2, 0.25) is 0 Å². The van der Waals surface area contributed by atoms with E-state index in [4.69, 9.17) is 0 Å². The second-order valence-corrected chi connectivity index (χ2v) is 7.90. The smallest absolute Gasteiger partial charge is 0.241 e. The minimum Gasteiger partial charge on any atom is -0.349 e. The molecule has 0 saturated carbocycles. The summed E-state index contributed by atoms with van der Waals surface area (Å²) in [6.07, 6.45) is 2.22. The molecular formula is C18H20N4O4S. The van der Waals surface area contributed by atoms with Gasteiger partial charge in [-0.05, 0) is 42.3 Å². The maximum Gasteiger partial charge on any atom is 0.241 e. The Labute approximate surface area is 157 Å². The van der Waals surface area contributed by atoms with E-state index in [1.165, 1.54) is 13.0 Å². The number of anilines is 1. The van der Waals surface area contributed by atoms with Crippen molar-refractivity contribution in [3.63, 3.8) is 0 Å². The Morgan fingerprint density at radius 3 is 2.74 bits per heavy atom. The zero-order valence-corrected chi connectivity index (χ0v) is 15.6. The molecule has 0 fully saturated rings. The summed E-state index contributed by atoms with van der Waals surface area (Å²) < 4.78 is 27.2. The number of carbonyl (C=O) groups excluding carboxylic acids is 2. The predicted octanol–water partition coefficient (Wildman–Crippen LogP) is 0.585. The number of benzene rings is 1. The summed E-state index contributed by atoms with van der Waals surface area (Å²) in [5, 5.41) is 2.61. The predicted molar refractivity (Wildman–Crippen MR) is 99.4 cm³/mol. The molecule has 0 unspecified atom stereocenters. The first-order chi connectivity index (χ1) is 12.9. The van der Waals surface area contributed by atoms with E-state index >= 15 is 0 Å². The maximum atomic E-state index is 12.4. The van der Waals surface area contributed by atoms with Crippen molar-refractivity contribution in [1.29, 1.82) is 0 Å². The van der Waals surface area contributed by atoms with Gasteiger partial charge in [0.15, 0.2) is 0 Å². The third-order valence-corrected chi connectivity index (χ3v) is 5.65. The van der Waals surface area contributed by atoms with Gasteiger partial charge in [0.05, 0.1) is 23.7 Å². The first-order valence-corrected chi connectivity index (χ1v) is 9.92. The molecule has 2 N–H and O–H groups in total. The van der Waals surface area contributed by atoms with E-state index in [9.17, 15) is 18.0 Å². The van der Waals surface area contributed by atoms with Gasteiger partial charge in [0.25, 0.3) is 0 Å². The second-order valence-electron chi connectivity index (χ2n) is 6.13. The number of nitrogens with one attached hydrogen (secondary N) is 2. The number of nitrogens with zero attached hydrogens (tertiary/aromatic N) is 2. The summed E-state index contributed by atoms with van der Waals surface area (Å²) >= 11 is 0. The molecule has 0 atom stereocenters. The molecule has 0 radical (unpaired) electrons. The van der Waals surface area contributed by atoms with Gasteiger partial charge >= 0.3 is 0 Å². The maximum absolute atomic E-state index is 12.4. The third kappa shape index (κ3) is 4.50. The molecule has 1 aromatic carbocycles. The molecule has 1 aliphatic rings. The van der Waals surface area contributed by atoms with Crippen molar-refractivity contribution in [3.8, 4) is 0 Å². The highest BCUT2D eigenvalue weighted by Crippen LogP contribution is 2.30. The van der Waals surface area contributed by atoms with Crippen LogP contribution in [-0.2, 0) is 32.6 Å². The number of rotatable bonds is 6. The average Bonchev–Trinajstić information content (AvgIpc) is 3.09. The molecule has 0 aliphatic carbocycles. The topological polar surface area (TPSA) is 108 Å².